The maximum Gasteiger partial charge on any atom is 0.410 e. The molecular formula is C14H23N3O2S. The lowest BCUT2D eigenvalue weighted by Gasteiger charge is -2.28. The molecule has 112 valence electrons. The molecule has 0 bridgehead atoms. The summed E-state index contributed by atoms with van der Waals surface area (Å²) in [7, 11) is 1.82. The topological polar surface area (TPSA) is 45.7 Å². The summed E-state index contributed by atoms with van der Waals surface area (Å²) in [6.07, 6.45) is 0.748. The lowest BCUT2D eigenvalue weighted by Crippen LogP contribution is -2.42. The van der Waals surface area contributed by atoms with Gasteiger partial charge in [-0.15, -0.1) is 11.3 Å². The van der Waals surface area contributed by atoms with Gasteiger partial charge in [0, 0.05) is 38.1 Å². The molecule has 1 aromatic heterocycles. The fraction of sp³-hybridized carbons (Fsp3) is 0.714. The van der Waals surface area contributed by atoms with E-state index in [0.29, 0.717) is 0 Å². The van der Waals surface area contributed by atoms with Crippen LogP contribution >= 0.6 is 11.3 Å². The Hall–Kier alpha value is -1.14. The van der Waals surface area contributed by atoms with Crippen LogP contribution in [0.4, 0.5) is 4.79 Å². The number of thiazole rings is 1. The number of carbonyl (C=O) groups excluding carboxylic acids is 1. The Balaban J connectivity index is 1.84. The van der Waals surface area contributed by atoms with Crippen LogP contribution in [0, 0.1) is 0 Å². The minimum absolute atomic E-state index is 0.225. The molecule has 0 aliphatic carbocycles. The van der Waals surface area contributed by atoms with Gasteiger partial charge in [0.15, 0.2) is 0 Å². The largest absolute Gasteiger partial charge is 0.444 e. The maximum absolute atomic E-state index is 12.0. The molecule has 0 unspecified atom stereocenters. The van der Waals surface area contributed by atoms with Crippen LogP contribution in [0.15, 0.2) is 10.9 Å². The molecule has 1 atom stereocenters. The predicted octanol–water partition coefficient (Wildman–Crippen LogP) is 2.58. The summed E-state index contributed by atoms with van der Waals surface area (Å²) in [6, 6.07) is 0.225. The molecule has 20 heavy (non-hydrogen) atoms. The number of hydrogen-bond acceptors (Lipinski definition) is 5. The highest BCUT2D eigenvalue weighted by atomic mass is 32.1. The SMILES string of the molecule is CN(C(=O)OC(C)(C)C)[C@@H]1CCN(Cc2cscn2)C1. The molecule has 1 fully saturated rings. The minimum atomic E-state index is -0.440. The predicted molar refractivity (Wildman–Crippen MR) is 79.8 cm³/mol. The van der Waals surface area contributed by atoms with Crippen LogP contribution in [0.3, 0.4) is 0 Å². The second-order valence-electron chi connectivity index (χ2n) is 6.25. The Kier molecular flexibility index (Phi) is 4.65. The second kappa shape index (κ2) is 6.10. The van der Waals surface area contributed by atoms with E-state index in [1.807, 2.05) is 33.3 Å². The van der Waals surface area contributed by atoms with E-state index in [9.17, 15) is 4.79 Å². The summed E-state index contributed by atoms with van der Waals surface area (Å²) in [5, 5.41) is 2.07. The number of rotatable bonds is 3. The number of aromatic nitrogens is 1. The van der Waals surface area contributed by atoms with Crippen molar-refractivity contribution >= 4 is 17.4 Å². The van der Waals surface area contributed by atoms with Crippen molar-refractivity contribution in [1.82, 2.24) is 14.8 Å². The first-order chi connectivity index (χ1) is 9.35. The van der Waals surface area contributed by atoms with Crippen molar-refractivity contribution in [2.24, 2.45) is 0 Å². The van der Waals surface area contributed by atoms with Gasteiger partial charge in [0.2, 0.25) is 0 Å². The molecule has 2 heterocycles. The molecule has 1 aromatic rings. The summed E-state index contributed by atoms with van der Waals surface area (Å²) in [5.74, 6) is 0. The quantitative estimate of drug-likeness (QED) is 0.860. The molecule has 1 amide bonds. The number of hydrogen-bond donors (Lipinski definition) is 0. The van der Waals surface area contributed by atoms with Crippen LogP contribution in [0.2, 0.25) is 0 Å². The van der Waals surface area contributed by atoms with E-state index in [1.165, 1.54) is 0 Å². The summed E-state index contributed by atoms with van der Waals surface area (Å²) >= 11 is 1.62. The van der Waals surface area contributed by atoms with Crippen molar-refractivity contribution < 1.29 is 9.53 Å². The van der Waals surface area contributed by atoms with E-state index in [1.54, 1.807) is 16.2 Å². The van der Waals surface area contributed by atoms with E-state index in [4.69, 9.17) is 4.74 Å². The third-order valence-electron chi connectivity index (χ3n) is 3.35. The van der Waals surface area contributed by atoms with Crippen molar-refractivity contribution in [1.29, 1.82) is 0 Å². The zero-order valence-corrected chi connectivity index (χ0v) is 13.4. The van der Waals surface area contributed by atoms with Crippen molar-refractivity contribution in [2.75, 3.05) is 20.1 Å². The monoisotopic (exact) mass is 297 g/mol. The number of likely N-dealkylation sites (tertiary alicyclic amines) is 1. The molecule has 1 aliphatic heterocycles. The van der Waals surface area contributed by atoms with Crippen LogP contribution in [0.1, 0.15) is 32.9 Å². The zero-order chi connectivity index (χ0) is 14.8. The van der Waals surface area contributed by atoms with Gasteiger partial charge in [-0.05, 0) is 27.2 Å². The van der Waals surface area contributed by atoms with Crippen LogP contribution < -0.4 is 0 Å². The fourth-order valence-corrected chi connectivity index (χ4v) is 2.85. The number of likely N-dealkylation sites (N-methyl/N-ethyl adjacent to an activating group) is 1. The fourth-order valence-electron chi connectivity index (χ4n) is 2.30. The van der Waals surface area contributed by atoms with E-state index < -0.39 is 5.60 Å². The van der Waals surface area contributed by atoms with Crippen LogP contribution in [0.5, 0.6) is 0 Å². The van der Waals surface area contributed by atoms with Gasteiger partial charge in [-0.3, -0.25) is 4.90 Å². The van der Waals surface area contributed by atoms with Crippen LogP contribution in [0.25, 0.3) is 0 Å². The lowest BCUT2D eigenvalue weighted by molar-refractivity contribution is 0.0228. The molecule has 0 spiro atoms. The summed E-state index contributed by atoms with van der Waals surface area (Å²) in [6.45, 7) is 8.41. The van der Waals surface area contributed by atoms with Crippen molar-refractivity contribution in [3.05, 3.63) is 16.6 Å². The highest BCUT2D eigenvalue weighted by Crippen LogP contribution is 2.19. The molecule has 0 saturated carbocycles. The molecule has 1 saturated heterocycles. The second-order valence-corrected chi connectivity index (χ2v) is 6.97. The van der Waals surface area contributed by atoms with Gasteiger partial charge in [0.1, 0.15) is 5.60 Å². The standard InChI is InChI=1S/C14H23N3O2S/c1-14(2,3)19-13(18)16(4)12-5-6-17(8-12)7-11-9-20-10-15-11/h9-10,12H,5-8H2,1-4H3/t12-/m1/s1. The van der Waals surface area contributed by atoms with Gasteiger partial charge in [-0.25, -0.2) is 9.78 Å². The number of amides is 1. The van der Waals surface area contributed by atoms with E-state index >= 15 is 0 Å². The lowest BCUT2D eigenvalue weighted by atomic mass is 10.2. The highest BCUT2D eigenvalue weighted by Gasteiger charge is 2.30. The maximum atomic E-state index is 12.0. The summed E-state index contributed by atoms with van der Waals surface area (Å²) < 4.78 is 5.41. The highest BCUT2D eigenvalue weighted by molar-refractivity contribution is 7.07. The van der Waals surface area contributed by atoms with Gasteiger partial charge in [0.05, 0.1) is 11.2 Å². The third kappa shape index (κ3) is 4.18. The Morgan fingerprint density at radius 1 is 1.60 bits per heavy atom. The van der Waals surface area contributed by atoms with Crippen molar-refractivity contribution in [3.8, 4) is 0 Å². The Bertz CT molecular complexity index is 442. The first-order valence-electron chi connectivity index (χ1n) is 6.90. The smallest absolute Gasteiger partial charge is 0.410 e. The van der Waals surface area contributed by atoms with Crippen LogP contribution in [-0.2, 0) is 11.3 Å². The molecule has 6 heteroatoms. The van der Waals surface area contributed by atoms with Crippen LogP contribution in [-0.4, -0.2) is 52.7 Å². The van der Waals surface area contributed by atoms with E-state index in [0.717, 1.165) is 31.7 Å². The first-order valence-corrected chi connectivity index (χ1v) is 7.84. The number of nitrogens with zero attached hydrogens (tertiary/aromatic N) is 3. The summed E-state index contributed by atoms with van der Waals surface area (Å²) in [4.78, 5) is 20.4. The Morgan fingerprint density at radius 2 is 2.35 bits per heavy atom. The Morgan fingerprint density at radius 3 is 2.95 bits per heavy atom. The van der Waals surface area contributed by atoms with E-state index in [2.05, 4.69) is 15.3 Å². The van der Waals surface area contributed by atoms with Crippen molar-refractivity contribution in [2.45, 2.75) is 45.4 Å². The number of carbonyl (C=O) groups is 1. The average Bonchev–Trinajstić information content (AvgIpc) is 2.97. The van der Waals surface area contributed by atoms with Gasteiger partial charge in [-0.2, -0.15) is 0 Å². The normalized spacial score (nSPS) is 20.1. The molecule has 0 aromatic carbocycles. The van der Waals surface area contributed by atoms with E-state index in [-0.39, 0.29) is 12.1 Å². The molecule has 0 radical (unpaired) electrons. The zero-order valence-electron chi connectivity index (χ0n) is 12.6. The van der Waals surface area contributed by atoms with Gasteiger partial charge >= 0.3 is 6.09 Å². The molecule has 1 aliphatic rings. The molecular weight excluding hydrogens is 274 g/mol. The third-order valence-corrected chi connectivity index (χ3v) is 3.98. The number of ether oxygens (including phenoxy) is 1. The van der Waals surface area contributed by atoms with Gasteiger partial charge < -0.3 is 9.64 Å². The van der Waals surface area contributed by atoms with Crippen molar-refractivity contribution in [3.63, 3.8) is 0 Å². The molecule has 0 N–H and O–H groups in total. The molecule has 2 rings (SSSR count). The average molecular weight is 297 g/mol. The Labute approximate surface area is 124 Å². The van der Waals surface area contributed by atoms with Gasteiger partial charge in [0.25, 0.3) is 0 Å². The molecule has 5 nitrogen and oxygen atoms in total. The van der Waals surface area contributed by atoms with Gasteiger partial charge in [-0.1, -0.05) is 0 Å². The first kappa shape index (κ1) is 15.3. The minimum Gasteiger partial charge on any atom is -0.444 e. The summed E-state index contributed by atoms with van der Waals surface area (Å²) in [5.41, 5.74) is 2.52.